The molecule has 8 heteroatoms. The lowest BCUT2D eigenvalue weighted by Gasteiger charge is -2.32. The van der Waals surface area contributed by atoms with Crippen molar-refractivity contribution in [1.82, 2.24) is 15.0 Å². The Hall–Kier alpha value is -1.96. The molecule has 0 saturated carbocycles. The zero-order valence-electron chi connectivity index (χ0n) is 11.9. The van der Waals surface area contributed by atoms with E-state index >= 15 is 0 Å². The first-order valence-corrected chi connectivity index (χ1v) is 6.62. The van der Waals surface area contributed by atoms with Crippen LogP contribution in [0.25, 0.3) is 0 Å². The third-order valence-corrected chi connectivity index (χ3v) is 2.77. The van der Waals surface area contributed by atoms with Gasteiger partial charge in [-0.15, -0.1) is 5.11 Å². The van der Waals surface area contributed by atoms with Crippen LogP contribution >= 0.6 is 0 Å². The summed E-state index contributed by atoms with van der Waals surface area (Å²) in [5.74, 6) is -0.252. The summed E-state index contributed by atoms with van der Waals surface area (Å²) in [7, 11) is 0. The van der Waals surface area contributed by atoms with Gasteiger partial charge in [0.2, 0.25) is 5.82 Å². The van der Waals surface area contributed by atoms with Gasteiger partial charge in [-0.25, -0.2) is 9.78 Å². The fourth-order valence-corrected chi connectivity index (χ4v) is 2.05. The van der Waals surface area contributed by atoms with E-state index in [4.69, 9.17) is 9.47 Å². The predicted molar refractivity (Wildman–Crippen MR) is 70.6 cm³/mol. The van der Waals surface area contributed by atoms with Crippen molar-refractivity contribution in [1.29, 1.82) is 0 Å². The highest BCUT2D eigenvalue weighted by Crippen LogP contribution is 2.17. The normalized spacial score (nSPS) is 23.2. The summed E-state index contributed by atoms with van der Waals surface area (Å²) in [5, 5.41) is 9.94. The van der Waals surface area contributed by atoms with Crippen LogP contribution in [0.2, 0.25) is 0 Å². The summed E-state index contributed by atoms with van der Waals surface area (Å²) >= 11 is 0. The number of esters is 1. The van der Waals surface area contributed by atoms with Crippen molar-refractivity contribution in [3.63, 3.8) is 0 Å². The topological polar surface area (TPSA) is 92.2 Å². The Kier molecular flexibility index (Phi) is 4.67. The molecule has 0 bridgehead atoms. The van der Waals surface area contributed by atoms with Crippen LogP contribution in [-0.2, 0) is 9.47 Å². The molecule has 0 unspecified atom stereocenters. The monoisotopic (exact) mass is 281 g/mol. The van der Waals surface area contributed by atoms with Crippen LogP contribution in [0.15, 0.2) is 16.7 Å². The molecule has 0 spiro atoms. The lowest BCUT2D eigenvalue weighted by Crippen LogP contribution is -2.42. The van der Waals surface area contributed by atoms with Crippen molar-refractivity contribution in [2.75, 3.05) is 19.7 Å². The molecule has 1 aromatic rings. The summed E-state index contributed by atoms with van der Waals surface area (Å²) in [6, 6.07) is 0. The van der Waals surface area contributed by atoms with Crippen LogP contribution in [0.5, 0.6) is 0 Å². The van der Waals surface area contributed by atoms with E-state index in [9.17, 15) is 4.79 Å². The number of hydrogen-bond donors (Lipinski definition) is 1. The Morgan fingerprint density at radius 3 is 2.90 bits per heavy atom. The first-order valence-electron chi connectivity index (χ1n) is 6.62. The first kappa shape index (κ1) is 14.4. The maximum Gasteiger partial charge on any atom is 0.358 e. The van der Waals surface area contributed by atoms with Crippen molar-refractivity contribution in [2.45, 2.75) is 33.0 Å². The molecule has 1 saturated heterocycles. The Morgan fingerprint density at radius 1 is 1.55 bits per heavy atom. The molecule has 2 heterocycles. The van der Waals surface area contributed by atoms with Crippen molar-refractivity contribution in [2.24, 2.45) is 10.3 Å². The van der Waals surface area contributed by atoms with Crippen molar-refractivity contribution in [3.05, 3.63) is 12.0 Å². The van der Waals surface area contributed by atoms with Crippen LogP contribution in [-0.4, -0.2) is 52.9 Å². The number of morpholine rings is 1. The van der Waals surface area contributed by atoms with Gasteiger partial charge in [-0.2, -0.15) is 0 Å². The van der Waals surface area contributed by atoms with Crippen LogP contribution in [0.1, 0.15) is 31.3 Å². The molecule has 2 rings (SSSR count). The van der Waals surface area contributed by atoms with Crippen LogP contribution < -0.4 is 0 Å². The van der Waals surface area contributed by atoms with E-state index in [0.717, 1.165) is 0 Å². The fourth-order valence-electron chi connectivity index (χ4n) is 2.05. The molecule has 20 heavy (non-hydrogen) atoms. The minimum atomic E-state index is -0.484. The summed E-state index contributed by atoms with van der Waals surface area (Å²) in [5.41, 5.74) is 0.213. The number of ether oxygens (including phenoxy) is 2. The molecule has 0 aliphatic carbocycles. The maximum absolute atomic E-state index is 11.7. The van der Waals surface area contributed by atoms with Gasteiger partial charge in [0, 0.05) is 0 Å². The van der Waals surface area contributed by atoms with Crippen molar-refractivity contribution in [3.8, 4) is 0 Å². The second-order valence-electron chi connectivity index (χ2n) is 4.64. The largest absolute Gasteiger partial charge is 0.461 e. The number of carbonyl (C=O) groups is 1. The second-order valence-corrected chi connectivity index (χ2v) is 4.64. The highest BCUT2D eigenvalue weighted by Gasteiger charge is 2.22. The SMILES string of the molecule is CCOC(=O)c1[nH]cnc1/N=N/N1C[C@H](C)O[C@@H](C)C1. The summed E-state index contributed by atoms with van der Waals surface area (Å²) in [6.45, 7) is 7.33. The van der Waals surface area contributed by atoms with E-state index in [1.807, 2.05) is 18.9 Å². The second kappa shape index (κ2) is 6.47. The van der Waals surface area contributed by atoms with Crippen LogP contribution in [0, 0.1) is 0 Å². The number of nitrogens with zero attached hydrogens (tertiary/aromatic N) is 4. The molecule has 1 fully saturated rings. The van der Waals surface area contributed by atoms with Crippen molar-refractivity contribution < 1.29 is 14.3 Å². The minimum absolute atomic E-state index is 0.0985. The molecule has 1 aliphatic rings. The van der Waals surface area contributed by atoms with E-state index in [1.54, 1.807) is 6.92 Å². The van der Waals surface area contributed by atoms with E-state index in [1.165, 1.54) is 6.33 Å². The number of aromatic nitrogens is 2. The molecule has 8 nitrogen and oxygen atoms in total. The van der Waals surface area contributed by atoms with Gasteiger partial charge in [-0.1, -0.05) is 5.22 Å². The van der Waals surface area contributed by atoms with Gasteiger partial charge in [-0.05, 0) is 20.8 Å². The summed E-state index contributed by atoms with van der Waals surface area (Å²) < 4.78 is 10.5. The summed E-state index contributed by atoms with van der Waals surface area (Å²) in [4.78, 5) is 18.3. The van der Waals surface area contributed by atoms with Gasteiger partial charge in [0.1, 0.15) is 0 Å². The molecule has 0 radical (unpaired) electrons. The highest BCUT2D eigenvalue weighted by molar-refractivity contribution is 5.91. The molecule has 0 aromatic carbocycles. The molecule has 1 N–H and O–H groups in total. The zero-order chi connectivity index (χ0) is 14.5. The number of carbonyl (C=O) groups excluding carboxylic acids is 1. The predicted octanol–water partition coefficient (Wildman–Crippen LogP) is 1.69. The molecule has 0 amide bonds. The number of imidazole rings is 1. The van der Waals surface area contributed by atoms with Gasteiger partial charge < -0.3 is 14.5 Å². The van der Waals surface area contributed by atoms with E-state index in [2.05, 4.69) is 20.3 Å². The molecule has 2 atom stereocenters. The maximum atomic E-state index is 11.7. The third kappa shape index (κ3) is 3.53. The smallest absolute Gasteiger partial charge is 0.358 e. The van der Waals surface area contributed by atoms with Gasteiger partial charge in [-0.3, -0.25) is 5.01 Å². The Bertz CT molecular complexity index is 477. The van der Waals surface area contributed by atoms with Gasteiger partial charge in [0.25, 0.3) is 0 Å². The fraction of sp³-hybridized carbons (Fsp3) is 0.667. The number of hydrogen-bond acceptors (Lipinski definition) is 6. The van der Waals surface area contributed by atoms with Gasteiger partial charge in [0.15, 0.2) is 5.69 Å². The van der Waals surface area contributed by atoms with Crippen LogP contribution in [0.4, 0.5) is 5.82 Å². The molecule has 1 aromatic heterocycles. The lowest BCUT2D eigenvalue weighted by molar-refractivity contribution is -0.0697. The quantitative estimate of drug-likeness (QED) is 0.669. The lowest BCUT2D eigenvalue weighted by atomic mass is 10.3. The molecular weight excluding hydrogens is 262 g/mol. The molecular formula is C12H19N5O3. The summed E-state index contributed by atoms with van der Waals surface area (Å²) in [6.07, 6.45) is 1.59. The standard InChI is InChI=1S/C12H19N5O3/c1-4-19-12(18)10-11(14-7-13-10)15-16-17-5-8(2)20-9(3)6-17/h7-9H,4-6H2,1-3H3,(H,13,14)/b16-15+/t8-,9-/m0/s1. The van der Waals surface area contributed by atoms with Gasteiger partial charge in [0.05, 0.1) is 38.2 Å². The van der Waals surface area contributed by atoms with Crippen LogP contribution in [0.3, 0.4) is 0 Å². The molecule has 1 aliphatic heterocycles. The Labute approximate surface area is 117 Å². The number of aromatic amines is 1. The Balaban J connectivity index is 2.04. The van der Waals surface area contributed by atoms with E-state index in [-0.39, 0.29) is 23.7 Å². The third-order valence-electron chi connectivity index (χ3n) is 2.77. The number of rotatable bonds is 4. The Morgan fingerprint density at radius 2 is 2.25 bits per heavy atom. The molecule has 110 valence electrons. The minimum Gasteiger partial charge on any atom is -0.461 e. The highest BCUT2D eigenvalue weighted by atomic mass is 16.5. The first-order chi connectivity index (χ1) is 9.60. The van der Waals surface area contributed by atoms with E-state index < -0.39 is 5.97 Å². The number of nitrogens with one attached hydrogen (secondary N) is 1. The zero-order valence-corrected chi connectivity index (χ0v) is 11.9. The average Bonchev–Trinajstić information content (AvgIpc) is 2.84. The van der Waals surface area contributed by atoms with Crippen molar-refractivity contribution >= 4 is 11.8 Å². The average molecular weight is 281 g/mol. The van der Waals surface area contributed by atoms with Gasteiger partial charge >= 0.3 is 5.97 Å². The number of H-pyrrole nitrogens is 1. The van der Waals surface area contributed by atoms with E-state index in [0.29, 0.717) is 19.7 Å².